The molecule has 114 valence electrons. The smallest absolute Gasteiger partial charge is 0.227 e. The van der Waals surface area contributed by atoms with E-state index in [2.05, 4.69) is 21.2 Å². The summed E-state index contributed by atoms with van der Waals surface area (Å²) < 4.78 is 0. The number of rotatable bonds is 2. The molecule has 3 heterocycles. The van der Waals surface area contributed by atoms with Crippen LogP contribution in [0.1, 0.15) is 42.5 Å². The van der Waals surface area contributed by atoms with Gasteiger partial charge >= 0.3 is 0 Å². The summed E-state index contributed by atoms with van der Waals surface area (Å²) >= 11 is 1.84. The summed E-state index contributed by atoms with van der Waals surface area (Å²) in [6.07, 6.45) is 7.59. The minimum atomic E-state index is 0.255. The Bertz CT molecular complexity index is 521. The number of carbonyl (C=O) groups is 1. The predicted octanol–water partition coefficient (Wildman–Crippen LogP) is 2.90. The zero-order valence-electron chi connectivity index (χ0n) is 12.6. The van der Waals surface area contributed by atoms with Gasteiger partial charge < -0.3 is 4.90 Å². The fraction of sp³-hybridized carbons (Fsp3) is 0.706. The lowest BCUT2D eigenvalue weighted by Crippen LogP contribution is -2.41. The van der Waals surface area contributed by atoms with Crippen molar-refractivity contribution >= 4 is 17.2 Å². The second kappa shape index (κ2) is 5.73. The molecule has 4 rings (SSSR count). The lowest BCUT2D eigenvalue weighted by Gasteiger charge is -2.30. The van der Waals surface area contributed by atoms with E-state index in [-0.39, 0.29) is 5.92 Å². The first-order chi connectivity index (χ1) is 10.3. The van der Waals surface area contributed by atoms with Crippen molar-refractivity contribution in [1.29, 1.82) is 0 Å². The lowest BCUT2D eigenvalue weighted by atomic mass is 10.0. The molecule has 3 nitrogen and oxygen atoms in total. The molecular formula is C17H24N2OS. The van der Waals surface area contributed by atoms with Crippen molar-refractivity contribution in [3.05, 3.63) is 21.9 Å². The fourth-order valence-electron chi connectivity index (χ4n) is 4.28. The summed E-state index contributed by atoms with van der Waals surface area (Å²) in [6, 6.07) is 2.96. The normalized spacial score (nSPS) is 27.2. The summed E-state index contributed by atoms with van der Waals surface area (Å²) in [5, 5.41) is 2.16. The molecule has 1 amide bonds. The van der Waals surface area contributed by atoms with Gasteiger partial charge in [0, 0.05) is 30.6 Å². The van der Waals surface area contributed by atoms with Crippen LogP contribution < -0.4 is 0 Å². The molecular weight excluding hydrogens is 280 g/mol. The van der Waals surface area contributed by atoms with Crippen LogP contribution in [0.2, 0.25) is 0 Å². The summed E-state index contributed by atoms with van der Waals surface area (Å²) in [5.74, 6) is 0.665. The van der Waals surface area contributed by atoms with Gasteiger partial charge in [0.25, 0.3) is 0 Å². The van der Waals surface area contributed by atoms with Gasteiger partial charge in [0.1, 0.15) is 0 Å². The van der Waals surface area contributed by atoms with Crippen molar-refractivity contribution < 1.29 is 4.79 Å². The highest BCUT2D eigenvalue weighted by Gasteiger charge is 2.36. The molecule has 4 heteroatoms. The molecule has 1 saturated heterocycles. The Morgan fingerprint density at radius 3 is 2.90 bits per heavy atom. The van der Waals surface area contributed by atoms with Gasteiger partial charge in [0.05, 0.1) is 5.92 Å². The third-order valence-electron chi connectivity index (χ3n) is 5.53. The maximum Gasteiger partial charge on any atom is 0.227 e. The fourth-order valence-corrected chi connectivity index (χ4v) is 5.17. The molecule has 1 aromatic rings. The molecule has 0 spiro atoms. The van der Waals surface area contributed by atoms with Gasteiger partial charge in [-0.2, -0.15) is 0 Å². The van der Waals surface area contributed by atoms with Crippen LogP contribution in [0.5, 0.6) is 0 Å². The minimum absolute atomic E-state index is 0.255. The second-order valence-corrected chi connectivity index (χ2v) is 7.80. The Balaban J connectivity index is 1.38. The van der Waals surface area contributed by atoms with E-state index >= 15 is 0 Å². The molecule has 2 fully saturated rings. The number of hydrogen-bond acceptors (Lipinski definition) is 3. The summed E-state index contributed by atoms with van der Waals surface area (Å²) in [4.78, 5) is 19.0. The van der Waals surface area contributed by atoms with Crippen molar-refractivity contribution in [2.45, 2.75) is 51.1 Å². The first-order valence-electron chi connectivity index (χ1n) is 8.39. The molecule has 1 atom stereocenters. The number of carbonyl (C=O) groups excluding carboxylic acids is 1. The Kier molecular flexibility index (Phi) is 3.76. The van der Waals surface area contributed by atoms with Gasteiger partial charge in [-0.15, -0.1) is 11.3 Å². The molecule has 3 aliphatic rings. The van der Waals surface area contributed by atoms with E-state index in [1.54, 1.807) is 0 Å². The van der Waals surface area contributed by atoms with Crippen LogP contribution in [0, 0.1) is 5.92 Å². The van der Waals surface area contributed by atoms with Crippen LogP contribution in [0.15, 0.2) is 11.4 Å². The van der Waals surface area contributed by atoms with Gasteiger partial charge in [-0.1, -0.05) is 12.8 Å². The summed E-state index contributed by atoms with van der Waals surface area (Å²) in [6.45, 7) is 3.92. The zero-order valence-corrected chi connectivity index (χ0v) is 13.4. The van der Waals surface area contributed by atoms with E-state index in [0.29, 0.717) is 5.91 Å². The van der Waals surface area contributed by atoms with Gasteiger partial charge in [-0.05, 0) is 49.2 Å². The van der Waals surface area contributed by atoms with Crippen molar-refractivity contribution in [1.82, 2.24) is 9.80 Å². The quantitative estimate of drug-likeness (QED) is 0.839. The molecule has 1 aromatic heterocycles. The SMILES string of the molecule is O=C(C1CCN(C2CCCC2)C1)N1CCc2sccc2C1. The van der Waals surface area contributed by atoms with E-state index in [1.165, 1.54) is 36.1 Å². The lowest BCUT2D eigenvalue weighted by molar-refractivity contribution is -0.136. The number of likely N-dealkylation sites (tertiary alicyclic amines) is 1. The average molecular weight is 304 g/mol. The van der Waals surface area contributed by atoms with Crippen LogP contribution >= 0.6 is 11.3 Å². The third-order valence-corrected chi connectivity index (χ3v) is 6.55. The van der Waals surface area contributed by atoms with Gasteiger partial charge in [0.2, 0.25) is 5.91 Å². The van der Waals surface area contributed by atoms with Gasteiger partial charge in [-0.3, -0.25) is 9.69 Å². The molecule has 2 aliphatic heterocycles. The highest BCUT2D eigenvalue weighted by atomic mass is 32.1. The molecule has 21 heavy (non-hydrogen) atoms. The maximum absolute atomic E-state index is 12.8. The molecule has 0 aromatic carbocycles. The first kappa shape index (κ1) is 13.8. The van der Waals surface area contributed by atoms with Crippen LogP contribution in [-0.4, -0.2) is 41.4 Å². The second-order valence-electron chi connectivity index (χ2n) is 6.80. The number of fused-ring (bicyclic) bond motifs is 1. The van der Waals surface area contributed by atoms with E-state index in [9.17, 15) is 4.79 Å². The highest BCUT2D eigenvalue weighted by Crippen LogP contribution is 2.31. The molecule has 0 bridgehead atoms. The molecule has 1 unspecified atom stereocenters. The third kappa shape index (κ3) is 2.64. The highest BCUT2D eigenvalue weighted by molar-refractivity contribution is 7.10. The number of hydrogen-bond donors (Lipinski definition) is 0. The Labute approximate surface area is 130 Å². The zero-order chi connectivity index (χ0) is 14.2. The first-order valence-corrected chi connectivity index (χ1v) is 9.27. The van der Waals surface area contributed by atoms with Crippen LogP contribution in [0.3, 0.4) is 0 Å². The van der Waals surface area contributed by atoms with Crippen LogP contribution in [-0.2, 0) is 17.8 Å². The van der Waals surface area contributed by atoms with Crippen LogP contribution in [0.25, 0.3) is 0 Å². The van der Waals surface area contributed by atoms with E-state index < -0.39 is 0 Å². The van der Waals surface area contributed by atoms with Crippen molar-refractivity contribution in [3.63, 3.8) is 0 Å². The molecule has 0 radical (unpaired) electrons. The van der Waals surface area contributed by atoms with E-state index in [0.717, 1.165) is 45.1 Å². The molecule has 1 aliphatic carbocycles. The summed E-state index contributed by atoms with van der Waals surface area (Å²) in [7, 11) is 0. The summed E-state index contributed by atoms with van der Waals surface area (Å²) in [5.41, 5.74) is 1.38. The van der Waals surface area contributed by atoms with Crippen molar-refractivity contribution in [3.8, 4) is 0 Å². The van der Waals surface area contributed by atoms with Gasteiger partial charge in [-0.25, -0.2) is 0 Å². The Morgan fingerprint density at radius 1 is 1.19 bits per heavy atom. The number of thiophene rings is 1. The van der Waals surface area contributed by atoms with Crippen molar-refractivity contribution in [2.24, 2.45) is 5.92 Å². The van der Waals surface area contributed by atoms with Crippen molar-refractivity contribution in [2.75, 3.05) is 19.6 Å². The minimum Gasteiger partial charge on any atom is -0.338 e. The maximum atomic E-state index is 12.8. The van der Waals surface area contributed by atoms with E-state index in [1.807, 2.05) is 11.3 Å². The van der Waals surface area contributed by atoms with E-state index in [4.69, 9.17) is 0 Å². The molecule has 1 saturated carbocycles. The predicted molar refractivity (Wildman–Crippen MR) is 85.4 cm³/mol. The topological polar surface area (TPSA) is 23.6 Å². The Morgan fingerprint density at radius 2 is 2.05 bits per heavy atom. The largest absolute Gasteiger partial charge is 0.338 e. The number of amides is 1. The standard InChI is InChI=1S/C17H24N2OS/c20-17(19-9-6-16-13(11-19)7-10-21-16)14-5-8-18(12-14)15-3-1-2-4-15/h7,10,14-15H,1-6,8-9,11-12H2. The van der Waals surface area contributed by atoms with Crippen LogP contribution in [0.4, 0.5) is 0 Å². The average Bonchev–Trinajstić information content (AvgIpc) is 3.24. The monoisotopic (exact) mass is 304 g/mol. The Hall–Kier alpha value is -0.870. The molecule has 0 N–H and O–H groups in total. The van der Waals surface area contributed by atoms with Gasteiger partial charge in [0.15, 0.2) is 0 Å². The number of nitrogens with zero attached hydrogens (tertiary/aromatic N) is 2.